The van der Waals surface area contributed by atoms with Gasteiger partial charge in [-0.05, 0) is 43.4 Å². The van der Waals surface area contributed by atoms with Crippen molar-refractivity contribution >= 4 is 5.97 Å². The zero-order chi connectivity index (χ0) is 13.1. The van der Waals surface area contributed by atoms with Crippen LogP contribution >= 0.6 is 0 Å². The van der Waals surface area contributed by atoms with E-state index in [2.05, 4.69) is 13.8 Å². The van der Waals surface area contributed by atoms with E-state index in [9.17, 15) is 14.3 Å². The van der Waals surface area contributed by atoms with E-state index in [1.165, 1.54) is 12.1 Å². The Balaban J connectivity index is 2.98. The summed E-state index contributed by atoms with van der Waals surface area (Å²) >= 11 is 0. The van der Waals surface area contributed by atoms with Crippen molar-refractivity contribution in [3.8, 4) is 0 Å². The molecule has 17 heavy (non-hydrogen) atoms. The predicted molar refractivity (Wildman–Crippen MR) is 65.5 cm³/mol. The molecule has 0 saturated carbocycles. The first-order valence-corrected chi connectivity index (χ1v) is 5.85. The van der Waals surface area contributed by atoms with Gasteiger partial charge in [0.1, 0.15) is 5.82 Å². The minimum atomic E-state index is -0.933. The first-order chi connectivity index (χ1) is 7.86. The lowest BCUT2D eigenvalue weighted by Crippen LogP contribution is -2.32. The van der Waals surface area contributed by atoms with Gasteiger partial charge in [0, 0.05) is 0 Å². The standard InChI is InChI=1S/C14H19FO2/c1-10(2)8-9-14(3,13(16)17)11-4-6-12(15)7-5-11/h4-7,10H,8-9H2,1-3H3,(H,16,17). The number of hydrogen-bond acceptors (Lipinski definition) is 1. The third kappa shape index (κ3) is 3.29. The fourth-order valence-corrected chi connectivity index (χ4v) is 1.77. The molecule has 1 aromatic rings. The number of carboxylic acids is 1. The fraction of sp³-hybridized carbons (Fsp3) is 0.500. The van der Waals surface area contributed by atoms with Crippen molar-refractivity contribution in [3.05, 3.63) is 35.6 Å². The van der Waals surface area contributed by atoms with E-state index in [-0.39, 0.29) is 5.82 Å². The van der Waals surface area contributed by atoms with Crippen molar-refractivity contribution in [2.75, 3.05) is 0 Å². The van der Waals surface area contributed by atoms with Crippen LogP contribution in [-0.2, 0) is 10.2 Å². The zero-order valence-electron chi connectivity index (χ0n) is 10.5. The Bertz CT molecular complexity index is 384. The topological polar surface area (TPSA) is 37.3 Å². The lowest BCUT2D eigenvalue weighted by molar-refractivity contribution is -0.143. The van der Waals surface area contributed by atoms with Gasteiger partial charge in [-0.25, -0.2) is 4.39 Å². The Hall–Kier alpha value is -1.38. The number of hydrogen-bond donors (Lipinski definition) is 1. The lowest BCUT2D eigenvalue weighted by atomic mass is 9.77. The van der Waals surface area contributed by atoms with Crippen LogP contribution in [0.1, 0.15) is 39.2 Å². The molecule has 0 heterocycles. The number of carboxylic acid groups (broad SMARTS) is 1. The number of rotatable bonds is 5. The van der Waals surface area contributed by atoms with Crippen LogP contribution in [0.25, 0.3) is 0 Å². The normalized spacial score (nSPS) is 14.6. The average Bonchev–Trinajstić information content (AvgIpc) is 2.26. The van der Waals surface area contributed by atoms with Crippen LogP contribution in [0.4, 0.5) is 4.39 Å². The smallest absolute Gasteiger partial charge is 0.313 e. The Kier molecular flexibility index (Phi) is 4.27. The number of halogens is 1. The highest BCUT2D eigenvalue weighted by atomic mass is 19.1. The molecule has 3 heteroatoms. The second-order valence-electron chi connectivity index (χ2n) is 5.08. The maximum absolute atomic E-state index is 12.8. The molecular formula is C14H19FO2. The predicted octanol–water partition coefficient (Wildman–Crippen LogP) is 3.60. The molecule has 1 N–H and O–H groups in total. The molecule has 94 valence electrons. The molecular weight excluding hydrogens is 219 g/mol. The Morgan fingerprint density at radius 1 is 1.35 bits per heavy atom. The van der Waals surface area contributed by atoms with E-state index in [1.54, 1.807) is 19.1 Å². The van der Waals surface area contributed by atoms with E-state index in [0.717, 1.165) is 6.42 Å². The highest BCUT2D eigenvalue weighted by Gasteiger charge is 2.34. The van der Waals surface area contributed by atoms with Gasteiger partial charge in [0.2, 0.25) is 0 Å². The summed E-state index contributed by atoms with van der Waals surface area (Å²) in [5.41, 5.74) is -0.273. The third-order valence-corrected chi connectivity index (χ3v) is 3.18. The van der Waals surface area contributed by atoms with Crippen molar-refractivity contribution in [2.45, 2.75) is 39.0 Å². The summed E-state index contributed by atoms with van der Waals surface area (Å²) in [5.74, 6) is -0.746. The highest BCUT2D eigenvalue weighted by molar-refractivity contribution is 5.80. The molecule has 0 aliphatic heterocycles. The Morgan fingerprint density at radius 2 is 1.88 bits per heavy atom. The third-order valence-electron chi connectivity index (χ3n) is 3.18. The Labute approximate surface area is 101 Å². The van der Waals surface area contributed by atoms with Crippen LogP contribution in [-0.4, -0.2) is 11.1 Å². The molecule has 0 aromatic heterocycles. The second kappa shape index (κ2) is 5.30. The summed E-state index contributed by atoms with van der Waals surface area (Å²) in [6, 6.07) is 5.74. The van der Waals surface area contributed by atoms with Crippen molar-refractivity contribution < 1.29 is 14.3 Å². The summed E-state index contributed by atoms with van der Waals surface area (Å²) in [6.07, 6.45) is 1.39. The van der Waals surface area contributed by atoms with Gasteiger partial charge < -0.3 is 5.11 Å². The zero-order valence-corrected chi connectivity index (χ0v) is 10.5. The molecule has 0 saturated heterocycles. The van der Waals surface area contributed by atoms with Gasteiger partial charge in [0.15, 0.2) is 0 Å². The minimum absolute atomic E-state index is 0.342. The first-order valence-electron chi connectivity index (χ1n) is 5.85. The molecule has 0 amide bonds. The summed E-state index contributed by atoms with van der Waals surface area (Å²) in [7, 11) is 0. The summed E-state index contributed by atoms with van der Waals surface area (Å²) in [4.78, 5) is 11.4. The molecule has 0 aliphatic rings. The summed E-state index contributed by atoms with van der Waals surface area (Å²) < 4.78 is 12.8. The molecule has 0 fully saturated rings. The highest BCUT2D eigenvalue weighted by Crippen LogP contribution is 2.31. The molecule has 0 bridgehead atoms. The number of benzene rings is 1. The maximum atomic E-state index is 12.8. The van der Waals surface area contributed by atoms with Crippen molar-refractivity contribution in [1.82, 2.24) is 0 Å². The van der Waals surface area contributed by atoms with E-state index >= 15 is 0 Å². The fourth-order valence-electron chi connectivity index (χ4n) is 1.77. The molecule has 2 nitrogen and oxygen atoms in total. The molecule has 1 rings (SSSR count). The Morgan fingerprint density at radius 3 is 2.29 bits per heavy atom. The van der Waals surface area contributed by atoms with Gasteiger partial charge in [-0.3, -0.25) is 4.79 Å². The van der Waals surface area contributed by atoms with Crippen LogP contribution in [0.5, 0.6) is 0 Å². The largest absolute Gasteiger partial charge is 0.481 e. The first kappa shape index (κ1) is 13.7. The van der Waals surface area contributed by atoms with Gasteiger partial charge in [-0.1, -0.05) is 26.0 Å². The van der Waals surface area contributed by atoms with Crippen LogP contribution in [0.15, 0.2) is 24.3 Å². The van der Waals surface area contributed by atoms with E-state index < -0.39 is 11.4 Å². The van der Waals surface area contributed by atoms with Crippen molar-refractivity contribution in [3.63, 3.8) is 0 Å². The van der Waals surface area contributed by atoms with Crippen LogP contribution in [0.3, 0.4) is 0 Å². The van der Waals surface area contributed by atoms with Gasteiger partial charge in [-0.15, -0.1) is 0 Å². The maximum Gasteiger partial charge on any atom is 0.313 e. The molecule has 1 atom stereocenters. The van der Waals surface area contributed by atoms with E-state index in [4.69, 9.17) is 0 Å². The van der Waals surface area contributed by atoms with Crippen molar-refractivity contribution in [2.24, 2.45) is 5.92 Å². The van der Waals surface area contributed by atoms with Gasteiger partial charge in [-0.2, -0.15) is 0 Å². The van der Waals surface area contributed by atoms with Gasteiger partial charge in [0.25, 0.3) is 0 Å². The summed E-state index contributed by atoms with van der Waals surface area (Å²) in [6.45, 7) is 5.82. The number of carbonyl (C=O) groups is 1. The van der Waals surface area contributed by atoms with Gasteiger partial charge >= 0.3 is 5.97 Å². The SMILES string of the molecule is CC(C)CCC(C)(C(=O)O)c1ccc(F)cc1. The van der Waals surface area contributed by atoms with Crippen LogP contribution in [0.2, 0.25) is 0 Å². The molecule has 1 aromatic carbocycles. The van der Waals surface area contributed by atoms with Crippen LogP contribution < -0.4 is 0 Å². The van der Waals surface area contributed by atoms with Crippen LogP contribution in [0, 0.1) is 11.7 Å². The quantitative estimate of drug-likeness (QED) is 0.851. The lowest BCUT2D eigenvalue weighted by Gasteiger charge is -2.26. The summed E-state index contributed by atoms with van der Waals surface area (Å²) in [5, 5.41) is 9.37. The van der Waals surface area contributed by atoms with Crippen molar-refractivity contribution in [1.29, 1.82) is 0 Å². The second-order valence-corrected chi connectivity index (χ2v) is 5.08. The average molecular weight is 238 g/mol. The van der Waals surface area contributed by atoms with Gasteiger partial charge in [0.05, 0.1) is 5.41 Å². The number of aliphatic carboxylic acids is 1. The van der Waals surface area contributed by atoms with E-state index in [1.807, 2.05) is 0 Å². The molecule has 0 spiro atoms. The van der Waals surface area contributed by atoms with E-state index in [0.29, 0.717) is 17.9 Å². The monoisotopic (exact) mass is 238 g/mol. The minimum Gasteiger partial charge on any atom is -0.481 e. The molecule has 1 unspecified atom stereocenters. The molecule has 0 aliphatic carbocycles. The molecule has 0 radical (unpaired) electrons.